The highest BCUT2D eigenvalue weighted by Gasteiger charge is 2.38. The third-order valence-electron chi connectivity index (χ3n) is 4.75. The third-order valence-corrected chi connectivity index (χ3v) is 4.75. The van der Waals surface area contributed by atoms with Crippen LogP contribution in [0.1, 0.15) is 29.9 Å². The number of anilines is 2. The minimum atomic E-state index is -1.39. The number of nitrogens with one attached hydrogen (secondary N) is 1. The van der Waals surface area contributed by atoms with Crippen LogP contribution in [0.4, 0.5) is 15.9 Å². The van der Waals surface area contributed by atoms with Gasteiger partial charge in [0.05, 0.1) is 11.6 Å². The van der Waals surface area contributed by atoms with E-state index in [-0.39, 0.29) is 17.9 Å². The Labute approximate surface area is 150 Å². The lowest BCUT2D eigenvalue weighted by Gasteiger charge is -2.16. The fraction of sp³-hybridized carbons (Fsp3) is 0.333. The van der Waals surface area contributed by atoms with E-state index in [1.165, 1.54) is 6.07 Å². The number of rotatable bonds is 7. The number of pyridine rings is 1. The van der Waals surface area contributed by atoms with E-state index in [1.807, 2.05) is 0 Å². The number of halogens is 1. The summed E-state index contributed by atoms with van der Waals surface area (Å²) in [5.74, 6) is -1.85. The molecular formula is C18H20BFN2O4. The number of aromatic nitrogens is 1. The SMILES string of the molecule is O=C(O)C1c2cc(Nc3ccccn3)c(F)cc2CC1CCCB(O)O. The van der Waals surface area contributed by atoms with Gasteiger partial charge in [-0.15, -0.1) is 0 Å². The summed E-state index contributed by atoms with van der Waals surface area (Å²) in [7, 11) is -1.39. The zero-order valence-corrected chi connectivity index (χ0v) is 14.1. The Balaban J connectivity index is 1.84. The van der Waals surface area contributed by atoms with Gasteiger partial charge in [0, 0.05) is 6.20 Å². The molecule has 2 unspecified atom stereocenters. The van der Waals surface area contributed by atoms with Crippen LogP contribution < -0.4 is 5.32 Å². The van der Waals surface area contributed by atoms with Crippen LogP contribution in [-0.4, -0.2) is 33.2 Å². The summed E-state index contributed by atoms with van der Waals surface area (Å²) in [6.07, 6.45) is 3.28. The molecule has 0 aliphatic heterocycles. The van der Waals surface area contributed by atoms with Crippen molar-refractivity contribution in [2.45, 2.75) is 31.5 Å². The Morgan fingerprint density at radius 3 is 2.81 bits per heavy atom. The van der Waals surface area contributed by atoms with E-state index in [1.54, 1.807) is 30.5 Å². The lowest BCUT2D eigenvalue weighted by Crippen LogP contribution is -2.18. The van der Waals surface area contributed by atoms with Crippen LogP contribution in [0.15, 0.2) is 36.5 Å². The van der Waals surface area contributed by atoms with E-state index in [4.69, 9.17) is 10.0 Å². The first-order chi connectivity index (χ1) is 12.5. The fourth-order valence-corrected chi connectivity index (χ4v) is 3.59. The average Bonchev–Trinajstić information content (AvgIpc) is 2.93. The van der Waals surface area contributed by atoms with Crippen molar-refractivity contribution in [3.05, 3.63) is 53.5 Å². The first-order valence-corrected chi connectivity index (χ1v) is 8.55. The van der Waals surface area contributed by atoms with Crippen molar-refractivity contribution < 1.29 is 24.3 Å². The van der Waals surface area contributed by atoms with Crippen LogP contribution in [0.2, 0.25) is 6.32 Å². The summed E-state index contributed by atoms with van der Waals surface area (Å²) in [5.41, 5.74) is 1.49. The molecule has 0 radical (unpaired) electrons. The molecule has 2 aromatic rings. The van der Waals surface area contributed by atoms with Gasteiger partial charge in [0.25, 0.3) is 0 Å². The largest absolute Gasteiger partial charge is 0.481 e. The topological polar surface area (TPSA) is 103 Å². The molecule has 0 fully saturated rings. The zero-order chi connectivity index (χ0) is 18.7. The molecule has 4 N–H and O–H groups in total. The second-order valence-corrected chi connectivity index (χ2v) is 6.56. The predicted octanol–water partition coefficient (Wildman–Crippen LogP) is 2.56. The van der Waals surface area contributed by atoms with Gasteiger partial charge in [0.15, 0.2) is 0 Å². The van der Waals surface area contributed by atoms with Gasteiger partial charge in [0.1, 0.15) is 11.6 Å². The highest BCUT2D eigenvalue weighted by atomic mass is 19.1. The van der Waals surface area contributed by atoms with Crippen molar-refractivity contribution >= 4 is 24.6 Å². The van der Waals surface area contributed by atoms with Crippen LogP contribution >= 0.6 is 0 Å². The molecule has 2 atom stereocenters. The second kappa shape index (κ2) is 7.84. The molecule has 1 heterocycles. The van der Waals surface area contributed by atoms with Gasteiger partial charge in [-0.25, -0.2) is 9.37 Å². The Bertz CT molecular complexity index is 788. The van der Waals surface area contributed by atoms with Crippen LogP contribution in [0.25, 0.3) is 0 Å². The summed E-state index contributed by atoms with van der Waals surface area (Å²) >= 11 is 0. The van der Waals surface area contributed by atoms with Crippen LogP contribution in [0, 0.1) is 11.7 Å². The van der Waals surface area contributed by atoms with Crippen molar-refractivity contribution in [2.24, 2.45) is 5.92 Å². The molecule has 0 saturated heterocycles. The third kappa shape index (κ3) is 4.03. The number of hydrogen-bond acceptors (Lipinski definition) is 5. The monoisotopic (exact) mass is 358 g/mol. The van der Waals surface area contributed by atoms with Gasteiger partial charge in [-0.05, 0) is 60.5 Å². The molecule has 1 aromatic carbocycles. The van der Waals surface area contributed by atoms with Gasteiger partial charge in [0.2, 0.25) is 0 Å². The maximum absolute atomic E-state index is 14.4. The Kier molecular flexibility index (Phi) is 5.53. The molecule has 0 amide bonds. The molecule has 26 heavy (non-hydrogen) atoms. The van der Waals surface area contributed by atoms with Crippen molar-refractivity contribution in [3.63, 3.8) is 0 Å². The number of aliphatic carboxylic acids is 1. The summed E-state index contributed by atoms with van der Waals surface area (Å²) in [6.45, 7) is 0. The number of fused-ring (bicyclic) bond motifs is 1. The van der Waals surface area contributed by atoms with Crippen LogP contribution in [0.3, 0.4) is 0 Å². The van der Waals surface area contributed by atoms with Crippen molar-refractivity contribution in [2.75, 3.05) is 5.32 Å². The average molecular weight is 358 g/mol. The molecule has 136 valence electrons. The summed E-state index contributed by atoms with van der Waals surface area (Å²) in [4.78, 5) is 15.9. The molecule has 0 bridgehead atoms. The lowest BCUT2D eigenvalue weighted by molar-refractivity contribution is -0.139. The molecular weight excluding hydrogens is 338 g/mol. The standard InChI is InChI=1S/C18H20BFN2O4/c20-14-9-12-8-11(4-3-6-19(25)26)17(18(23)24)13(12)10-15(14)22-16-5-1-2-7-21-16/h1-2,5,7,9-11,17,25-26H,3-4,6,8H2,(H,21,22)(H,23,24). The van der Waals surface area contributed by atoms with Gasteiger partial charge >= 0.3 is 13.1 Å². The molecule has 8 heteroatoms. The van der Waals surface area contributed by atoms with Gasteiger partial charge in [-0.2, -0.15) is 0 Å². The summed E-state index contributed by atoms with van der Waals surface area (Å²) in [5, 5.41) is 30.5. The predicted molar refractivity (Wildman–Crippen MR) is 95.7 cm³/mol. The van der Waals surface area contributed by atoms with E-state index < -0.39 is 24.8 Å². The maximum atomic E-state index is 14.4. The number of carboxylic acids is 1. The van der Waals surface area contributed by atoms with Gasteiger partial charge in [-0.3, -0.25) is 4.79 Å². The highest BCUT2D eigenvalue weighted by molar-refractivity contribution is 6.40. The fourth-order valence-electron chi connectivity index (χ4n) is 3.59. The first-order valence-electron chi connectivity index (χ1n) is 8.55. The van der Waals surface area contributed by atoms with E-state index in [9.17, 15) is 14.3 Å². The smallest absolute Gasteiger partial charge is 0.451 e. The second-order valence-electron chi connectivity index (χ2n) is 6.56. The van der Waals surface area contributed by atoms with E-state index in [2.05, 4.69) is 10.3 Å². The minimum absolute atomic E-state index is 0.189. The van der Waals surface area contributed by atoms with Crippen molar-refractivity contribution in [3.8, 4) is 0 Å². The first kappa shape index (κ1) is 18.3. The van der Waals surface area contributed by atoms with E-state index >= 15 is 0 Å². The number of carbonyl (C=O) groups is 1. The molecule has 0 saturated carbocycles. The molecule has 1 aliphatic rings. The molecule has 1 aromatic heterocycles. The number of carboxylic acid groups (broad SMARTS) is 1. The number of benzene rings is 1. The molecule has 0 spiro atoms. The van der Waals surface area contributed by atoms with Gasteiger partial charge < -0.3 is 20.5 Å². The highest BCUT2D eigenvalue weighted by Crippen LogP contribution is 2.43. The van der Waals surface area contributed by atoms with Crippen LogP contribution in [-0.2, 0) is 11.2 Å². The summed E-state index contributed by atoms with van der Waals surface area (Å²) in [6, 6.07) is 8.16. The maximum Gasteiger partial charge on any atom is 0.451 e. The molecule has 6 nitrogen and oxygen atoms in total. The Morgan fingerprint density at radius 2 is 2.15 bits per heavy atom. The zero-order valence-electron chi connectivity index (χ0n) is 14.1. The number of nitrogens with zero attached hydrogens (tertiary/aromatic N) is 1. The quantitative estimate of drug-likeness (QED) is 0.568. The normalized spacial score (nSPS) is 18.4. The molecule has 1 aliphatic carbocycles. The number of hydrogen-bond donors (Lipinski definition) is 4. The van der Waals surface area contributed by atoms with Crippen molar-refractivity contribution in [1.29, 1.82) is 0 Å². The van der Waals surface area contributed by atoms with Gasteiger partial charge in [-0.1, -0.05) is 12.5 Å². The Morgan fingerprint density at radius 1 is 1.35 bits per heavy atom. The van der Waals surface area contributed by atoms with E-state index in [0.717, 1.165) is 0 Å². The summed E-state index contributed by atoms with van der Waals surface area (Å²) < 4.78 is 14.4. The molecule has 3 rings (SSSR count). The van der Waals surface area contributed by atoms with Crippen molar-refractivity contribution in [1.82, 2.24) is 4.98 Å². The minimum Gasteiger partial charge on any atom is -0.481 e. The van der Waals surface area contributed by atoms with E-state index in [0.29, 0.717) is 36.2 Å². The lowest BCUT2D eigenvalue weighted by atomic mass is 9.80. The Hall–Kier alpha value is -2.45. The van der Waals surface area contributed by atoms with Crippen LogP contribution in [0.5, 0.6) is 0 Å².